The predicted molar refractivity (Wildman–Crippen MR) is 48.6 cm³/mol. The van der Waals surface area contributed by atoms with Gasteiger partial charge in [0, 0.05) is 12.1 Å². The summed E-state index contributed by atoms with van der Waals surface area (Å²) >= 11 is 5.81. The van der Waals surface area contributed by atoms with Crippen molar-refractivity contribution >= 4 is 17.6 Å². The highest BCUT2D eigenvalue weighted by Gasteiger charge is 2.11. The van der Waals surface area contributed by atoms with Crippen molar-refractivity contribution in [2.45, 2.75) is 6.92 Å². The minimum atomic E-state index is -0.343. The van der Waals surface area contributed by atoms with E-state index in [2.05, 4.69) is 0 Å². The Bertz CT molecular complexity index is 325. The van der Waals surface area contributed by atoms with Crippen LogP contribution in [0.1, 0.15) is 17.3 Å². The first-order chi connectivity index (χ1) is 6.15. The lowest BCUT2D eigenvalue weighted by Crippen LogP contribution is -2.29. The number of nitrogens with zero attached hydrogens (tertiary/aromatic N) is 1. The number of ether oxygens (including phenoxy) is 1. The minimum absolute atomic E-state index is 0.343. The molecule has 0 N–H and O–H groups in total. The third-order valence-electron chi connectivity index (χ3n) is 1.60. The highest BCUT2D eigenvalue weighted by molar-refractivity contribution is 6.28. The molecule has 0 aliphatic carbocycles. The van der Waals surface area contributed by atoms with Crippen LogP contribution >= 0.6 is 11.6 Å². The molecule has 1 aromatic rings. The highest BCUT2D eigenvalue weighted by Crippen LogP contribution is 2.06. The fourth-order valence-electron chi connectivity index (χ4n) is 0.883. The van der Waals surface area contributed by atoms with Crippen molar-refractivity contribution in [2.75, 3.05) is 6.61 Å². The van der Waals surface area contributed by atoms with E-state index in [1.807, 2.05) is 0 Å². The summed E-state index contributed by atoms with van der Waals surface area (Å²) in [7, 11) is 1.80. The summed E-state index contributed by atoms with van der Waals surface area (Å²) in [5, 5.41) is 0.505. The van der Waals surface area contributed by atoms with Crippen LogP contribution in [0.5, 0.6) is 0 Å². The van der Waals surface area contributed by atoms with E-state index in [1.54, 1.807) is 36.9 Å². The van der Waals surface area contributed by atoms with Crippen LogP contribution < -0.4 is 4.57 Å². The number of hydrogen-bond acceptors (Lipinski definition) is 2. The summed E-state index contributed by atoms with van der Waals surface area (Å²) in [6.45, 7) is 2.14. The van der Waals surface area contributed by atoms with Gasteiger partial charge in [-0.1, -0.05) is 0 Å². The van der Waals surface area contributed by atoms with Crippen LogP contribution in [-0.4, -0.2) is 12.6 Å². The summed E-state index contributed by atoms with van der Waals surface area (Å²) < 4.78 is 6.53. The monoisotopic (exact) mass is 200 g/mol. The average molecular weight is 201 g/mol. The zero-order valence-corrected chi connectivity index (χ0v) is 8.34. The molecule has 0 aromatic carbocycles. The Balaban J connectivity index is 2.90. The second kappa shape index (κ2) is 4.23. The Morgan fingerprint density at radius 1 is 1.69 bits per heavy atom. The molecule has 1 heterocycles. The summed E-state index contributed by atoms with van der Waals surface area (Å²) in [5.41, 5.74) is 0.477. The Morgan fingerprint density at radius 3 is 2.92 bits per heavy atom. The van der Waals surface area contributed by atoms with Gasteiger partial charge in [-0.3, -0.25) is 0 Å². The van der Waals surface area contributed by atoms with Crippen LogP contribution in [0.4, 0.5) is 0 Å². The third kappa shape index (κ3) is 2.42. The number of carbonyl (C=O) groups excluding carboxylic acids is 1. The van der Waals surface area contributed by atoms with Crippen molar-refractivity contribution in [2.24, 2.45) is 7.05 Å². The second-order valence-electron chi connectivity index (χ2n) is 2.57. The van der Waals surface area contributed by atoms with Crippen molar-refractivity contribution < 1.29 is 14.1 Å². The van der Waals surface area contributed by atoms with E-state index in [9.17, 15) is 4.79 Å². The second-order valence-corrected chi connectivity index (χ2v) is 2.96. The van der Waals surface area contributed by atoms with Crippen molar-refractivity contribution in [1.82, 2.24) is 0 Å². The predicted octanol–water partition coefficient (Wildman–Crippen LogP) is 1.34. The van der Waals surface area contributed by atoms with Crippen LogP contribution in [0, 0.1) is 0 Å². The minimum Gasteiger partial charge on any atom is -0.462 e. The lowest BCUT2D eigenvalue weighted by molar-refractivity contribution is -0.669. The summed E-state index contributed by atoms with van der Waals surface area (Å²) in [6.07, 6.45) is 1.72. The number of pyridine rings is 1. The van der Waals surface area contributed by atoms with Crippen LogP contribution in [0.3, 0.4) is 0 Å². The Morgan fingerprint density at radius 2 is 2.38 bits per heavy atom. The fraction of sp³-hybridized carbons (Fsp3) is 0.333. The number of aromatic nitrogens is 1. The number of aryl methyl sites for hydroxylation is 1. The molecular formula is C9H11ClNO2+. The number of carbonyl (C=O) groups is 1. The molecule has 0 atom stereocenters. The molecule has 0 aliphatic heterocycles. The SMILES string of the molecule is CCOC(=O)c1cc[n+](C)c(Cl)c1. The molecule has 0 saturated heterocycles. The van der Waals surface area contributed by atoms with Gasteiger partial charge in [-0.15, -0.1) is 0 Å². The average Bonchev–Trinajstić information content (AvgIpc) is 2.10. The quantitative estimate of drug-likeness (QED) is 0.410. The standard InChI is InChI=1S/C9H11ClNO2/c1-3-13-9(12)7-4-5-11(2)8(10)6-7/h4-6H,3H2,1-2H3/q+1. The summed E-state index contributed by atoms with van der Waals surface area (Å²) in [4.78, 5) is 11.2. The lowest BCUT2D eigenvalue weighted by Gasteiger charge is -2.00. The molecule has 0 radical (unpaired) electrons. The van der Waals surface area contributed by atoms with Crippen LogP contribution in [0.15, 0.2) is 18.3 Å². The zero-order chi connectivity index (χ0) is 9.84. The van der Waals surface area contributed by atoms with Crippen LogP contribution in [-0.2, 0) is 11.8 Å². The van der Waals surface area contributed by atoms with Gasteiger partial charge in [0.15, 0.2) is 6.20 Å². The Hall–Kier alpha value is -1.09. The van der Waals surface area contributed by atoms with E-state index >= 15 is 0 Å². The fourth-order valence-corrected chi connectivity index (χ4v) is 1.06. The molecular weight excluding hydrogens is 190 g/mol. The van der Waals surface area contributed by atoms with E-state index in [-0.39, 0.29) is 5.97 Å². The van der Waals surface area contributed by atoms with Crippen molar-refractivity contribution in [3.05, 3.63) is 29.0 Å². The van der Waals surface area contributed by atoms with Gasteiger partial charge in [-0.25, -0.2) is 4.79 Å². The van der Waals surface area contributed by atoms with Gasteiger partial charge in [0.2, 0.25) is 0 Å². The Labute approximate surface area is 81.9 Å². The first-order valence-electron chi connectivity index (χ1n) is 3.97. The van der Waals surface area contributed by atoms with E-state index in [4.69, 9.17) is 16.3 Å². The summed E-state index contributed by atoms with van der Waals surface area (Å²) in [5.74, 6) is -0.343. The first kappa shape index (κ1) is 9.99. The van der Waals surface area contributed by atoms with Crippen molar-refractivity contribution in [3.63, 3.8) is 0 Å². The van der Waals surface area contributed by atoms with Crippen molar-refractivity contribution in [3.8, 4) is 0 Å². The van der Waals surface area contributed by atoms with E-state index in [1.165, 1.54) is 0 Å². The number of halogens is 1. The number of esters is 1. The van der Waals surface area contributed by atoms with Gasteiger partial charge in [0.1, 0.15) is 7.05 Å². The van der Waals surface area contributed by atoms with Gasteiger partial charge >= 0.3 is 5.97 Å². The van der Waals surface area contributed by atoms with Crippen LogP contribution in [0.2, 0.25) is 5.15 Å². The molecule has 70 valence electrons. The number of rotatable bonds is 2. The maximum Gasteiger partial charge on any atom is 0.338 e. The molecule has 0 bridgehead atoms. The third-order valence-corrected chi connectivity index (χ3v) is 1.98. The van der Waals surface area contributed by atoms with Gasteiger partial charge < -0.3 is 4.74 Å². The molecule has 13 heavy (non-hydrogen) atoms. The lowest BCUT2D eigenvalue weighted by atomic mass is 10.3. The molecule has 4 heteroatoms. The van der Waals surface area contributed by atoms with Gasteiger partial charge in [-0.2, -0.15) is 4.57 Å². The molecule has 1 rings (SSSR count). The first-order valence-corrected chi connectivity index (χ1v) is 4.35. The van der Waals surface area contributed by atoms with Crippen molar-refractivity contribution in [1.29, 1.82) is 0 Å². The molecule has 0 fully saturated rings. The zero-order valence-electron chi connectivity index (χ0n) is 7.58. The molecule has 0 unspecified atom stereocenters. The van der Waals surface area contributed by atoms with Gasteiger partial charge in [-0.05, 0) is 18.5 Å². The topological polar surface area (TPSA) is 30.2 Å². The van der Waals surface area contributed by atoms with Crippen LogP contribution in [0.25, 0.3) is 0 Å². The smallest absolute Gasteiger partial charge is 0.338 e. The molecule has 0 spiro atoms. The maximum absolute atomic E-state index is 11.2. The molecule has 1 aromatic heterocycles. The molecule has 0 amide bonds. The van der Waals surface area contributed by atoms with E-state index in [0.717, 1.165) is 0 Å². The molecule has 0 saturated carbocycles. The summed E-state index contributed by atoms with van der Waals surface area (Å²) in [6, 6.07) is 3.25. The largest absolute Gasteiger partial charge is 0.462 e. The molecule has 0 aliphatic rings. The van der Waals surface area contributed by atoms with E-state index in [0.29, 0.717) is 17.3 Å². The Kier molecular flexibility index (Phi) is 3.25. The molecule has 3 nitrogen and oxygen atoms in total. The number of hydrogen-bond donors (Lipinski definition) is 0. The normalized spacial score (nSPS) is 9.77. The van der Waals surface area contributed by atoms with Gasteiger partial charge in [0.25, 0.3) is 5.15 Å². The maximum atomic E-state index is 11.2. The van der Waals surface area contributed by atoms with Gasteiger partial charge in [0.05, 0.1) is 12.2 Å². The van der Waals surface area contributed by atoms with E-state index < -0.39 is 0 Å². The highest BCUT2D eigenvalue weighted by atomic mass is 35.5.